The summed E-state index contributed by atoms with van der Waals surface area (Å²) < 4.78 is 2.12. The van der Waals surface area contributed by atoms with Crippen molar-refractivity contribution in [2.75, 3.05) is 0 Å². The molecule has 1 heterocycles. The zero-order chi connectivity index (χ0) is 10.2. The Morgan fingerprint density at radius 1 is 1.14 bits per heavy atom. The standard InChI is InChI=1S/C12H22N2/c1-3-4-5-6-7-8-9-12-10-13-11-14(12)2/h10-11H,3-9H2,1-2H3. The van der Waals surface area contributed by atoms with E-state index in [0.717, 1.165) is 0 Å². The summed E-state index contributed by atoms with van der Waals surface area (Å²) in [6, 6.07) is 0. The lowest BCUT2D eigenvalue weighted by Gasteiger charge is -2.02. The molecule has 0 saturated heterocycles. The lowest BCUT2D eigenvalue weighted by molar-refractivity contribution is 0.600. The van der Waals surface area contributed by atoms with E-state index in [0.29, 0.717) is 0 Å². The average Bonchev–Trinajstić information content (AvgIpc) is 2.58. The van der Waals surface area contributed by atoms with Crippen LogP contribution in [0.4, 0.5) is 0 Å². The van der Waals surface area contributed by atoms with Gasteiger partial charge in [0, 0.05) is 18.9 Å². The third kappa shape index (κ3) is 3.95. The lowest BCUT2D eigenvalue weighted by atomic mass is 10.1. The number of aromatic nitrogens is 2. The third-order valence-electron chi connectivity index (χ3n) is 2.70. The second-order valence-corrected chi connectivity index (χ2v) is 4.01. The van der Waals surface area contributed by atoms with E-state index >= 15 is 0 Å². The highest BCUT2D eigenvalue weighted by Crippen LogP contribution is 2.08. The molecule has 14 heavy (non-hydrogen) atoms. The Bertz CT molecular complexity index is 240. The molecule has 0 N–H and O–H groups in total. The first kappa shape index (κ1) is 11.3. The van der Waals surface area contributed by atoms with Gasteiger partial charge in [0.2, 0.25) is 0 Å². The van der Waals surface area contributed by atoms with Crippen molar-refractivity contribution >= 4 is 0 Å². The minimum atomic E-state index is 1.18. The predicted octanol–water partition coefficient (Wildman–Crippen LogP) is 3.32. The number of imidazole rings is 1. The van der Waals surface area contributed by atoms with Crippen molar-refractivity contribution in [3.63, 3.8) is 0 Å². The molecule has 0 unspecified atom stereocenters. The molecule has 0 aliphatic heterocycles. The highest BCUT2D eigenvalue weighted by molar-refractivity contribution is 4.97. The fraction of sp³-hybridized carbons (Fsp3) is 0.750. The van der Waals surface area contributed by atoms with Crippen molar-refractivity contribution in [1.29, 1.82) is 0 Å². The summed E-state index contributed by atoms with van der Waals surface area (Å²) in [5.41, 5.74) is 1.36. The van der Waals surface area contributed by atoms with Gasteiger partial charge >= 0.3 is 0 Å². The van der Waals surface area contributed by atoms with Gasteiger partial charge in [-0.2, -0.15) is 0 Å². The summed E-state index contributed by atoms with van der Waals surface area (Å²) in [6.07, 6.45) is 13.2. The maximum Gasteiger partial charge on any atom is 0.0945 e. The second-order valence-electron chi connectivity index (χ2n) is 4.01. The average molecular weight is 194 g/mol. The molecule has 0 fully saturated rings. The second kappa shape index (κ2) is 6.63. The molecule has 0 aliphatic carbocycles. The van der Waals surface area contributed by atoms with Gasteiger partial charge in [0.25, 0.3) is 0 Å². The topological polar surface area (TPSA) is 17.8 Å². The number of hydrogen-bond acceptors (Lipinski definition) is 1. The van der Waals surface area contributed by atoms with E-state index < -0.39 is 0 Å². The molecular weight excluding hydrogens is 172 g/mol. The number of hydrogen-bond donors (Lipinski definition) is 0. The minimum absolute atomic E-state index is 1.18. The Labute approximate surface area is 87.4 Å². The van der Waals surface area contributed by atoms with Crippen molar-refractivity contribution in [3.05, 3.63) is 18.2 Å². The maximum absolute atomic E-state index is 4.11. The fourth-order valence-corrected chi connectivity index (χ4v) is 1.71. The highest BCUT2D eigenvalue weighted by atomic mass is 15.0. The van der Waals surface area contributed by atoms with Crippen LogP contribution in [0.1, 0.15) is 51.1 Å². The molecule has 0 amide bonds. The summed E-state index contributed by atoms with van der Waals surface area (Å²) in [7, 11) is 2.07. The highest BCUT2D eigenvalue weighted by Gasteiger charge is 1.97. The predicted molar refractivity (Wildman–Crippen MR) is 60.3 cm³/mol. The van der Waals surface area contributed by atoms with Gasteiger partial charge in [-0.05, 0) is 12.8 Å². The number of nitrogens with zero attached hydrogens (tertiary/aromatic N) is 2. The Morgan fingerprint density at radius 3 is 2.50 bits per heavy atom. The maximum atomic E-state index is 4.11. The molecule has 0 radical (unpaired) electrons. The van der Waals surface area contributed by atoms with Gasteiger partial charge in [-0.3, -0.25) is 0 Å². The van der Waals surface area contributed by atoms with Gasteiger partial charge in [-0.25, -0.2) is 4.98 Å². The van der Waals surface area contributed by atoms with Gasteiger partial charge in [0.1, 0.15) is 0 Å². The van der Waals surface area contributed by atoms with Gasteiger partial charge in [0.15, 0.2) is 0 Å². The monoisotopic (exact) mass is 194 g/mol. The lowest BCUT2D eigenvalue weighted by Crippen LogP contribution is -1.94. The molecule has 1 aromatic heterocycles. The summed E-state index contributed by atoms with van der Waals surface area (Å²) in [5, 5.41) is 0. The molecule has 0 saturated carbocycles. The van der Waals surface area contributed by atoms with E-state index in [9.17, 15) is 0 Å². The van der Waals surface area contributed by atoms with E-state index in [1.165, 1.54) is 50.6 Å². The Balaban J connectivity index is 2.02. The van der Waals surface area contributed by atoms with Gasteiger partial charge in [-0.15, -0.1) is 0 Å². The smallest absolute Gasteiger partial charge is 0.0945 e. The van der Waals surface area contributed by atoms with Crippen LogP contribution >= 0.6 is 0 Å². The van der Waals surface area contributed by atoms with E-state index in [-0.39, 0.29) is 0 Å². The van der Waals surface area contributed by atoms with Crippen LogP contribution in [0.15, 0.2) is 12.5 Å². The van der Waals surface area contributed by atoms with Crippen LogP contribution in [0.3, 0.4) is 0 Å². The first-order valence-corrected chi connectivity index (χ1v) is 5.79. The van der Waals surface area contributed by atoms with Gasteiger partial charge < -0.3 is 4.57 Å². The summed E-state index contributed by atoms with van der Waals surface area (Å²) in [5.74, 6) is 0. The first-order valence-electron chi connectivity index (χ1n) is 5.79. The van der Waals surface area contributed by atoms with Crippen LogP contribution in [-0.2, 0) is 13.5 Å². The van der Waals surface area contributed by atoms with Crippen LogP contribution in [-0.4, -0.2) is 9.55 Å². The third-order valence-corrected chi connectivity index (χ3v) is 2.70. The zero-order valence-electron chi connectivity index (χ0n) is 9.50. The Morgan fingerprint density at radius 2 is 1.86 bits per heavy atom. The van der Waals surface area contributed by atoms with E-state index in [1.54, 1.807) is 0 Å². The summed E-state index contributed by atoms with van der Waals surface area (Å²) in [6.45, 7) is 2.26. The van der Waals surface area contributed by atoms with Crippen LogP contribution in [0.25, 0.3) is 0 Å². The van der Waals surface area contributed by atoms with Crippen molar-refractivity contribution in [1.82, 2.24) is 9.55 Å². The molecule has 0 aliphatic rings. The first-order chi connectivity index (χ1) is 6.84. The van der Waals surface area contributed by atoms with E-state index in [1.807, 2.05) is 12.5 Å². The fourth-order valence-electron chi connectivity index (χ4n) is 1.71. The molecule has 2 nitrogen and oxygen atoms in total. The number of unbranched alkanes of at least 4 members (excludes halogenated alkanes) is 5. The minimum Gasteiger partial charge on any atom is -0.338 e. The zero-order valence-corrected chi connectivity index (χ0v) is 9.50. The summed E-state index contributed by atoms with van der Waals surface area (Å²) >= 11 is 0. The van der Waals surface area contributed by atoms with Gasteiger partial charge in [0.05, 0.1) is 6.33 Å². The summed E-state index contributed by atoms with van der Waals surface area (Å²) in [4.78, 5) is 4.11. The largest absolute Gasteiger partial charge is 0.338 e. The van der Waals surface area contributed by atoms with Crippen molar-refractivity contribution < 1.29 is 0 Å². The molecule has 80 valence electrons. The van der Waals surface area contributed by atoms with Crippen LogP contribution in [0.2, 0.25) is 0 Å². The molecule has 0 atom stereocenters. The van der Waals surface area contributed by atoms with E-state index in [2.05, 4.69) is 23.5 Å². The molecule has 0 bridgehead atoms. The molecule has 1 rings (SSSR count). The van der Waals surface area contributed by atoms with E-state index in [4.69, 9.17) is 0 Å². The Hall–Kier alpha value is -0.790. The molecule has 2 heteroatoms. The van der Waals surface area contributed by atoms with Crippen LogP contribution in [0, 0.1) is 0 Å². The van der Waals surface area contributed by atoms with Gasteiger partial charge in [-0.1, -0.05) is 39.0 Å². The quantitative estimate of drug-likeness (QED) is 0.609. The molecule has 0 spiro atoms. The number of aryl methyl sites for hydroxylation is 2. The molecular formula is C12H22N2. The normalized spacial score (nSPS) is 10.7. The number of rotatable bonds is 7. The Kier molecular flexibility index (Phi) is 5.35. The van der Waals surface area contributed by atoms with Crippen molar-refractivity contribution in [2.24, 2.45) is 7.05 Å². The van der Waals surface area contributed by atoms with Crippen LogP contribution in [0.5, 0.6) is 0 Å². The SMILES string of the molecule is CCCCCCCCc1cncn1C. The van der Waals surface area contributed by atoms with Crippen molar-refractivity contribution in [3.8, 4) is 0 Å². The van der Waals surface area contributed by atoms with Crippen LogP contribution < -0.4 is 0 Å². The molecule has 0 aromatic carbocycles. The van der Waals surface area contributed by atoms with Crippen molar-refractivity contribution in [2.45, 2.75) is 51.9 Å². The molecule has 1 aromatic rings.